The van der Waals surface area contributed by atoms with Crippen LogP contribution < -0.4 is 14.4 Å². The number of amides is 2. The highest BCUT2D eigenvalue weighted by atomic mass is 35.5. The van der Waals surface area contributed by atoms with Gasteiger partial charge in [-0.05, 0) is 67.3 Å². The summed E-state index contributed by atoms with van der Waals surface area (Å²) in [6.07, 6.45) is 4.11. The molecule has 8 nitrogen and oxygen atoms in total. The lowest BCUT2D eigenvalue weighted by atomic mass is 10.1. The van der Waals surface area contributed by atoms with Gasteiger partial charge in [-0.2, -0.15) is 0 Å². The number of ether oxygens (including phenoxy) is 1. The summed E-state index contributed by atoms with van der Waals surface area (Å²) in [6.45, 7) is 1.18. The summed E-state index contributed by atoms with van der Waals surface area (Å²) in [7, 11) is -2.79. The number of rotatable bonds is 12. The molecular weight excluding hydrogens is 633 g/mol. The van der Waals surface area contributed by atoms with Crippen LogP contribution in [0.1, 0.15) is 44.6 Å². The lowest BCUT2D eigenvalue weighted by Gasteiger charge is -2.34. The fourth-order valence-electron chi connectivity index (χ4n) is 5.18. The molecule has 0 saturated heterocycles. The van der Waals surface area contributed by atoms with Crippen LogP contribution in [0.15, 0.2) is 71.6 Å². The fraction of sp³-hybridized carbons (Fsp3) is 0.355. The Morgan fingerprint density at radius 1 is 0.977 bits per heavy atom. The Hall–Kier alpha value is -2.98. The van der Waals surface area contributed by atoms with Crippen molar-refractivity contribution in [2.45, 2.75) is 62.6 Å². The van der Waals surface area contributed by atoms with E-state index in [-0.39, 0.29) is 34.1 Å². The number of nitrogens with one attached hydrogen (secondary N) is 1. The molecule has 0 aliphatic heterocycles. The molecule has 4 rings (SSSR count). The Labute approximate surface area is 267 Å². The summed E-state index contributed by atoms with van der Waals surface area (Å²) >= 11 is 19.0. The van der Waals surface area contributed by atoms with Crippen molar-refractivity contribution in [3.63, 3.8) is 0 Å². The van der Waals surface area contributed by atoms with Crippen LogP contribution in [0.3, 0.4) is 0 Å². The van der Waals surface area contributed by atoms with Gasteiger partial charge in [0.05, 0.1) is 22.7 Å². The SMILES string of the molecule is CCC(C(=O)NC1CCCC1)N(Cc1ccc(Cl)cc1Cl)C(=O)CN(c1ccc(OC)c(Cl)c1)S(=O)(=O)c1ccccc1. The maximum Gasteiger partial charge on any atom is 0.264 e. The summed E-state index contributed by atoms with van der Waals surface area (Å²) in [4.78, 5) is 29.2. The molecule has 0 spiro atoms. The number of anilines is 1. The van der Waals surface area contributed by atoms with Gasteiger partial charge in [-0.15, -0.1) is 0 Å². The average molecular weight is 667 g/mol. The van der Waals surface area contributed by atoms with Crippen LogP contribution in [0, 0.1) is 0 Å². The predicted octanol–water partition coefficient (Wildman–Crippen LogP) is 6.72. The lowest BCUT2D eigenvalue weighted by Crippen LogP contribution is -2.53. The van der Waals surface area contributed by atoms with Crippen molar-refractivity contribution in [1.29, 1.82) is 0 Å². The molecule has 230 valence electrons. The molecule has 1 atom stereocenters. The largest absolute Gasteiger partial charge is 0.495 e. The molecule has 1 unspecified atom stereocenters. The zero-order valence-electron chi connectivity index (χ0n) is 23.9. The van der Waals surface area contributed by atoms with Gasteiger partial charge in [-0.3, -0.25) is 13.9 Å². The monoisotopic (exact) mass is 665 g/mol. The van der Waals surface area contributed by atoms with E-state index >= 15 is 0 Å². The minimum Gasteiger partial charge on any atom is -0.495 e. The van der Waals surface area contributed by atoms with Crippen molar-refractivity contribution in [2.75, 3.05) is 18.0 Å². The smallest absolute Gasteiger partial charge is 0.264 e. The highest BCUT2D eigenvalue weighted by Crippen LogP contribution is 2.32. The minimum absolute atomic E-state index is 0.00643. The number of sulfonamides is 1. The van der Waals surface area contributed by atoms with Crippen LogP contribution in [0.2, 0.25) is 15.1 Å². The zero-order valence-corrected chi connectivity index (χ0v) is 27.0. The van der Waals surface area contributed by atoms with Crippen molar-refractivity contribution < 1.29 is 22.7 Å². The number of benzene rings is 3. The standard InChI is InChI=1S/C31H34Cl3N3O5S/c1-3-28(31(39)35-23-9-7-8-10-23)36(19-21-13-14-22(32)17-26(21)33)30(38)20-37(24-15-16-29(42-2)27(34)18-24)43(40,41)25-11-5-4-6-12-25/h4-6,11-18,23,28H,3,7-10,19-20H2,1-2H3,(H,35,39). The fourth-order valence-corrected chi connectivity index (χ4v) is 7.33. The van der Waals surface area contributed by atoms with Crippen molar-refractivity contribution in [1.82, 2.24) is 10.2 Å². The molecule has 1 N–H and O–H groups in total. The molecule has 2 amide bonds. The maximum absolute atomic E-state index is 14.3. The van der Waals surface area contributed by atoms with Crippen LogP contribution >= 0.6 is 34.8 Å². The maximum atomic E-state index is 14.3. The first-order chi connectivity index (χ1) is 20.5. The molecule has 0 heterocycles. The third-order valence-electron chi connectivity index (χ3n) is 7.48. The molecule has 1 aliphatic rings. The Kier molecular flexibility index (Phi) is 11.2. The van der Waals surface area contributed by atoms with Crippen molar-refractivity contribution in [3.8, 4) is 5.75 Å². The van der Waals surface area contributed by atoms with E-state index in [1.54, 1.807) is 36.4 Å². The molecule has 1 fully saturated rings. The van der Waals surface area contributed by atoms with Crippen molar-refractivity contribution in [3.05, 3.63) is 87.4 Å². The summed E-state index contributed by atoms with van der Waals surface area (Å²) < 4.78 is 34.2. The second kappa shape index (κ2) is 14.7. The van der Waals surface area contributed by atoms with Crippen molar-refractivity contribution in [2.24, 2.45) is 0 Å². The van der Waals surface area contributed by atoms with Crippen LogP contribution in [-0.2, 0) is 26.2 Å². The number of carbonyl (C=O) groups excluding carboxylic acids is 2. The number of hydrogen-bond acceptors (Lipinski definition) is 5. The summed E-state index contributed by atoms with van der Waals surface area (Å²) in [5, 5.41) is 4.01. The van der Waals surface area contributed by atoms with Gasteiger partial charge in [0.15, 0.2) is 0 Å². The molecule has 0 bridgehead atoms. The van der Waals surface area contributed by atoms with Gasteiger partial charge < -0.3 is 15.0 Å². The minimum atomic E-state index is -4.23. The predicted molar refractivity (Wildman–Crippen MR) is 170 cm³/mol. The van der Waals surface area contributed by atoms with Crippen LogP contribution in [0.5, 0.6) is 5.75 Å². The third-order valence-corrected chi connectivity index (χ3v) is 10.1. The van der Waals surface area contributed by atoms with E-state index in [0.29, 0.717) is 27.8 Å². The molecule has 43 heavy (non-hydrogen) atoms. The number of halogens is 3. The van der Waals surface area contributed by atoms with Gasteiger partial charge in [0.1, 0.15) is 18.3 Å². The Balaban J connectivity index is 1.75. The van der Waals surface area contributed by atoms with Gasteiger partial charge in [-0.1, -0.05) is 78.8 Å². The van der Waals surface area contributed by atoms with Crippen molar-refractivity contribution >= 4 is 62.3 Å². The third kappa shape index (κ3) is 7.95. The normalized spacial score (nSPS) is 14.3. The van der Waals surface area contributed by atoms with E-state index in [1.165, 1.54) is 42.3 Å². The Morgan fingerprint density at radius 2 is 1.67 bits per heavy atom. The van der Waals surface area contributed by atoms with Gasteiger partial charge >= 0.3 is 0 Å². The summed E-state index contributed by atoms with van der Waals surface area (Å²) in [6, 6.07) is 16.3. The molecule has 3 aromatic carbocycles. The first-order valence-corrected chi connectivity index (χ1v) is 16.6. The van der Waals surface area contributed by atoms with Gasteiger partial charge in [0.25, 0.3) is 10.0 Å². The van der Waals surface area contributed by atoms with Gasteiger partial charge in [0, 0.05) is 22.6 Å². The Morgan fingerprint density at radius 3 is 2.28 bits per heavy atom. The summed E-state index contributed by atoms with van der Waals surface area (Å²) in [5.74, 6) is -0.536. The van der Waals surface area contributed by atoms with E-state index in [9.17, 15) is 18.0 Å². The van der Waals surface area contributed by atoms with Crippen LogP contribution in [-0.4, -0.2) is 50.9 Å². The average Bonchev–Trinajstić information content (AvgIpc) is 3.50. The second-order valence-corrected chi connectivity index (χ2v) is 13.4. The van der Waals surface area contributed by atoms with Crippen LogP contribution in [0.25, 0.3) is 0 Å². The van der Waals surface area contributed by atoms with E-state index in [0.717, 1.165) is 30.0 Å². The van der Waals surface area contributed by atoms with E-state index in [1.807, 2.05) is 6.92 Å². The molecule has 3 aromatic rings. The Bertz CT molecular complexity index is 1550. The van der Waals surface area contributed by atoms with Gasteiger partial charge in [-0.25, -0.2) is 8.42 Å². The summed E-state index contributed by atoms with van der Waals surface area (Å²) in [5.41, 5.74) is 0.729. The highest BCUT2D eigenvalue weighted by molar-refractivity contribution is 7.92. The zero-order chi connectivity index (χ0) is 31.1. The number of hydrogen-bond donors (Lipinski definition) is 1. The van der Waals surface area contributed by atoms with E-state index in [4.69, 9.17) is 39.5 Å². The first-order valence-electron chi connectivity index (χ1n) is 14.0. The highest BCUT2D eigenvalue weighted by Gasteiger charge is 2.35. The number of nitrogens with zero attached hydrogens (tertiary/aromatic N) is 2. The molecule has 12 heteroatoms. The topological polar surface area (TPSA) is 96.0 Å². The van der Waals surface area contributed by atoms with E-state index in [2.05, 4.69) is 5.32 Å². The van der Waals surface area contributed by atoms with Crippen LogP contribution in [0.4, 0.5) is 5.69 Å². The molecule has 0 aromatic heterocycles. The lowest BCUT2D eigenvalue weighted by molar-refractivity contribution is -0.140. The molecule has 1 saturated carbocycles. The second-order valence-electron chi connectivity index (χ2n) is 10.3. The number of methoxy groups -OCH3 is 1. The number of carbonyl (C=O) groups is 2. The molecule has 1 aliphatic carbocycles. The molecular formula is C31H34Cl3N3O5S. The quantitative estimate of drug-likeness (QED) is 0.232. The first kappa shape index (κ1) is 32.9. The van der Waals surface area contributed by atoms with E-state index < -0.39 is 28.5 Å². The van der Waals surface area contributed by atoms with Gasteiger partial charge in [0.2, 0.25) is 11.8 Å². The molecule has 0 radical (unpaired) electrons.